The Morgan fingerprint density at radius 1 is 1.06 bits per heavy atom. The van der Waals surface area contributed by atoms with Crippen molar-refractivity contribution in [3.05, 3.63) is 92.4 Å². The molecule has 0 aliphatic rings. The molecular formula is C20H15BrN4O6S. The molecule has 0 heterocycles. The minimum atomic E-state index is -4.42. The van der Waals surface area contributed by atoms with E-state index in [-0.39, 0.29) is 16.9 Å². The third kappa shape index (κ3) is 5.47. The molecule has 164 valence electrons. The standard InChI is InChI=1S/C20H15BrN4O6S/c21-14-7-5-13(6-8-14)12-22-23-18-10-9-15(25(28)29)11-19(18)32(30,31)24-17-4-2-1-3-16(17)20(26)27/h1-12,23-24H,(H,26,27). The lowest BCUT2D eigenvalue weighted by Gasteiger charge is -2.13. The Hall–Kier alpha value is -3.77. The number of nitro groups is 1. The number of nitrogens with one attached hydrogen (secondary N) is 2. The SMILES string of the molecule is O=C(O)c1ccccc1NS(=O)(=O)c1cc([N+](=O)[O-])ccc1NN=Cc1ccc(Br)cc1. The second-order valence-corrected chi connectivity index (χ2v) is 8.88. The van der Waals surface area contributed by atoms with Gasteiger partial charge in [0.15, 0.2) is 0 Å². The predicted molar refractivity (Wildman–Crippen MR) is 123 cm³/mol. The average Bonchev–Trinajstić information content (AvgIpc) is 2.75. The normalized spacial score (nSPS) is 11.3. The Balaban J connectivity index is 1.97. The molecule has 0 aliphatic carbocycles. The van der Waals surface area contributed by atoms with E-state index in [1.54, 1.807) is 24.3 Å². The van der Waals surface area contributed by atoms with Crippen molar-refractivity contribution in [3.8, 4) is 0 Å². The first-order valence-electron chi connectivity index (χ1n) is 8.85. The van der Waals surface area contributed by atoms with Crippen LogP contribution in [0.15, 0.2) is 81.2 Å². The molecule has 3 rings (SSSR count). The Bertz CT molecular complexity index is 1310. The number of carbonyl (C=O) groups is 1. The quantitative estimate of drug-likeness (QED) is 0.228. The monoisotopic (exact) mass is 518 g/mol. The number of nitro benzene ring substituents is 1. The fraction of sp³-hybridized carbons (Fsp3) is 0. The van der Waals surface area contributed by atoms with E-state index in [9.17, 15) is 28.4 Å². The number of hydrazone groups is 1. The molecule has 12 heteroatoms. The van der Waals surface area contributed by atoms with Gasteiger partial charge >= 0.3 is 5.97 Å². The lowest BCUT2D eigenvalue weighted by molar-refractivity contribution is -0.385. The molecule has 0 atom stereocenters. The lowest BCUT2D eigenvalue weighted by atomic mass is 10.2. The van der Waals surface area contributed by atoms with Crippen molar-refractivity contribution < 1.29 is 23.2 Å². The number of hydrogen-bond donors (Lipinski definition) is 3. The molecule has 3 aromatic carbocycles. The van der Waals surface area contributed by atoms with Crippen LogP contribution in [0.3, 0.4) is 0 Å². The molecule has 0 unspecified atom stereocenters. The number of hydrogen-bond acceptors (Lipinski definition) is 7. The third-order valence-electron chi connectivity index (χ3n) is 4.14. The number of para-hydroxylation sites is 1. The van der Waals surface area contributed by atoms with Gasteiger partial charge in [-0.05, 0) is 35.9 Å². The van der Waals surface area contributed by atoms with Gasteiger partial charge < -0.3 is 5.11 Å². The van der Waals surface area contributed by atoms with Crippen LogP contribution in [-0.2, 0) is 10.0 Å². The second kappa shape index (κ2) is 9.58. The molecule has 3 N–H and O–H groups in total. The first-order chi connectivity index (χ1) is 15.2. The van der Waals surface area contributed by atoms with Crippen LogP contribution in [-0.4, -0.2) is 30.6 Å². The van der Waals surface area contributed by atoms with Crippen molar-refractivity contribution in [2.45, 2.75) is 4.90 Å². The van der Waals surface area contributed by atoms with E-state index >= 15 is 0 Å². The lowest BCUT2D eigenvalue weighted by Crippen LogP contribution is -2.17. The number of nitrogens with zero attached hydrogens (tertiary/aromatic N) is 2. The molecule has 0 bridgehead atoms. The van der Waals surface area contributed by atoms with Crippen LogP contribution in [0.1, 0.15) is 15.9 Å². The van der Waals surface area contributed by atoms with Gasteiger partial charge in [0, 0.05) is 16.6 Å². The van der Waals surface area contributed by atoms with E-state index in [2.05, 4.69) is 31.2 Å². The summed E-state index contributed by atoms with van der Waals surface area (Å²) in [6.07, 6.45) is 1.44. The minimum absolute atomic E-state index is 0.0377. The maximum atomic E-state index is 13.0. The highest BCUT2D eigenvalue weighted by Gasteiger charge is 2.24. The Kier molecular flexibility index (Phi) is 6.85. The highest BCUT2D eigenvalue weighted by molar-refractivity contribution is 9.10. The maximum absolute atomic E-state index is 13.0. The van der Waals surface area contributed by atoms with E-state index in [4.69, 9.17) is 0 Å². The van der Waals surface area contributed by atoms with Crippen LogP contribution < -0.4 is 10.1 Å². The minimum Gasteiger partial charge on any atom is -0.478 e. The predicted octanol–water partition coefficient (Wildman–Crippen LogP) is 4.30. The molecule has 0 saturated carbocycles. The van der Waals surface area contributed by atoms with Gasteiger partial charge in [-0.15, -0.1) is 0 Å². The van der Waals surface area contributed by atoms with E-state index < -0.39 is 31.5 Å². The second-order valence-electron chi connectivity index (χ2n) is 6.32. The number of anilines is 2. The van der Waals surface area contributed by atoms with Gasteiger partial charge in [0.2, 0.25) is 0 Å². The third-order valence-corrected chi connectivity index (χ3v) is 6.07. The first-order valence-corrected chi connectivity index (χ1v) is 11.1. The molecule has 0 fully saturated rings. The Morgan fingerprint density at radius 3 is 2.41 bits per heavy atom. The number of rotatable bonds is 8. The van der Waals surface area contributed by atoms with Gasteiger partial charge in [-0.3, -0.25) is 20.3 Å². The van der Waals surface area contributed by atoms with Crippen molar-refractivity contribution in [2.75, 3.05) is 10.1 Å². The van der Waals surface area contributed by atoms with Gasteiger partial charge in [0.1, 0.15) is 4.90 Å². The summed E-state index contributed by atoms with van der Waals surface area (Å²) in [6.45, 7) is 0. The number of carboxylic acid groups (broad SMARTS) is 1. The summed E-state index contributed by atoms with van der Waals surface area (Å²) in [7, 11) is -4.42. The highest BCUT2D eigenvalue weighted by atomic mass is 79.9. The van der Waals surface area contributed by atoms with Crippen molar-refractivity contribution in [1.82, 2.24) is 0 Å². The number of benzene rings is 3. The zero-order valence-electron chi connectivity index (χ0n) is 16.1. The highest BCUT2D eigenvalue weighted by Crippen LogP contribution is 2.29. The zero-order chi connectivity index (χ0) is 23.3. The number of sulfonamides is 1. The molecule has 0 amide bonds. The van der Waals surface area contributed by atoms with Crippen LogP contribution in [0.2, 0.25) is 0 Å². The number of non-ortho nitro benzene ring substituents is 1. The van der Waals surface area contributed by atoms with Crippen molar-refractivity contribution >= 4 is 55.2 Å². The Morgan fingerprint density at radius 2 is 1.75 bits per heavy atom. The summed E-state index contributed by atoms with van der Waals surface area (Å²) in [5.74, 6) is -1.33. The van der Waals surface area contributed by atoms with Gasteiger partial charge in [-0.25, -0.2) is 13.2 Å². The summed E-state index contributed by atoms with van der Waals surface area (Å²) in [5.41, 5.74) is 2.34. The van der Waals surface area contributed by atoms with Crippen molar-refractivity contribution in [3.63, 3.8) is 0 Å². The summed E-state index contributed by atoms with van der Waals surface area (Å²) in [6, 6.07) is 15.7. The van der Waals surface area contributed by atoms with E-state index in [0.29, 0.717) is 0 Å². The largest absolute Gasteiger partial charge is 0.478 e. The summed E-state index contributed by atoms with van der Waals surface area (Å²) in [5, 5.41) is 24.5. The first kappa shape index (κ1) is 22.9. The summed E-state index contributed by atoms with van der Waals surface area (Å²) < 4.78 is 29.1. The van der Waals surface area contributed by atoms with Crippen LogP contribution in [0.4, 0.5) is 17.1 Å². The van der Waals surface area contributed by atoms with Gasteiger partial charge in [0.25, 0.3) is 15.7 Å². The van der Waals surface area contributed by atoms with Gasteiger partial charge in [0.05, 0.1) is 28.1 Å². The van der Waals surface area contributed by atoms with E-state index in [0.717, 1.165) is 22.2 Å². The van der Waals surface area contributed by atoms with Crippen LogP contribution in [0, 0.1) is 10.1 Å². The van der Waals surface area contributed by atoms with E-state index in [1.165, 1.54) is 36.5 Å². The molecular weight excluding hydrogens is 504 g/mol. The molecule has 32 heavy (non-hydrogen) atoms. The molecule has 0 radical (unpaired) electrons. The van der Waals surface area contributed by atoms with Crippen LogP contribution in [0.25, 0.3) is 0 Å². The Labute approximate surface area is 190 Å². The summed E-state index contributed by atoms with van der Waals surface area (Å²) >= 11 is 3.32. The smallest absolute Gasteiger partial charge is 0.337 e. The molecule has 10 nitrogen and oxygen atoms in total. The molecule has 0 saturated heterocycles. The van der Waals surface area contributed by atoms with Gasteiger partial charge in [-0.1, -0.05) is 40.2 Å². The topological polar surface area (TPSA) is 151 Å². The average molecular weight is 519 g/mol. The fourth-order valence-corrected chi connectivity index (χ4v) is 4.14. The molecule has 0 aromatic heterocycles. The zero-order valence-corrected chi connectivity index (χ0v) is 18.5. The van der Waals surface area contributed by atoms with Gasteiger partial charge in [-0.2, -0.15) is 5.10 Å². The van der Waals surface area contributed by atoms with Crippen molar-refractivity contribution in [1.29, 1.82) is 0 Å². The number of halogens is 1. The van der Waals surface area contributed by atoms with Crippen LogP contribution in [0.5, 0.6) is 0 Å². The molecule has 3 aromatic rings. The molecule has 0 aliphatic heterocycles. The fourth-order valence-electron chi connectivity index (χ4n) is 2.62. The van der Waals surface area contributed by atoms with E-state index in [1.807, 2.05) is 0 Å². The van der Waals surface area contributed by atoms with Crippen molar-refractivity contribution in [2.24, 2.45) is 5.10 Å². The number of carboxylic acids is 1. The summed E-state index contributed by atoms with van der Waals surface area (Å²) in [4.78, 5) is 21.4. The molecule has 0 spiro atoms. The number of aromatic carboxylic acids is 1. The van der Waals surface area contributed by atoms with Crippen LogP contribution >= 0.6 is 15.9 Å². The maximum Gasteiger partial charge on any atom is 0.337 e.